The van der Waals surface area contributed by atoms with Gasteiger partial charge < -0.3 is 15.0 Å². The molecular formula is C16H23N3O. The predicted molar refractivity (Wildman–Crippen MR) is 82.4 cm³/mol. The topological polar surface area (TPSA) is 53.1 Å². The number of hydrogen-bond acceptors (Lipinski definition) is 3. The van der Waals surface area contributed by atoms with Crippen LogP contribution in [0.15, 0.2) is 24.3 Å². The molecule has 4 heteroatoms. The third-order valence-electron chi connectivity index (χ3n) is 3.32. The minimum atomic E-state index is 0.535. The van der Waals surface area contributed by atoms with E-state index in [4.69, 9.17) is 10.5 Å². The second-order valence-corrected chi connectivity index (χ2v) is 5.49. The predicted octanol–water partition coefficient (Wildman–Crippen LogP) is 3.24. The van der Waals surface area contributed by atoms with Gasteiger partial charge in [0.25, 0.3) is 0 Å². The first-order chi connectivity index (χ1) is 9.54. The first kappa shape index (κ1) is 14.6. The average molecular weight is 273 g/mol. The lowest BCUT2D eigenvalue weighted by Gasteiger charge is -2.11. The number of hydrogen-bond donors (Lipinski definition) is 1. The number of anilines is 1. The van der Waals surface area contributed by atoms with E-state index in [1.165, 1.54) is 0 Å². The molecule has 0 fully saturated rings. The summed E-state index contributed by atoms with van der Waals surface area (Å²) in [4.78, 5) is 4.66. The van der Waals surface area contributed by atoms with Crippen LogP contribution in [0.5, 0.6) is 0 Å². The molecule has 0 aliphatic rings. The molecule has 1 aromatic carbocycles. The number of benzene rings is 1. The highest BCUT2D eigenvalue weighted by atomic mass is 16.5. The summed E-state index contributed by atoms with van der Waals surface area (Å²) >= 11 is 0. The highest BCUT2D eigenvalue weighted by Crippen LogP contribution is 2.30. The van der Waals surface area contributed by atoms with Crippen molar-refractivity contribution in [2.75, 3.05) is 12.8 Å². The summed E-state index contributed by atoms with van der Waals surface area (Å²) < 4.78 is 7.34. The van der Waals surface area contributed by atoms with E-state index in [1.54, 1.807) is 7.11 Å². The highest BCUT2D eigenvalue weighted by molar-refractivity contribution is 5.73. The van der Waals surface area contributed by atoms with Crippen molar-refractivity contribution in [1.29, 1.82) is 0 Å². The van der Waals surface area contributed by atoms with Crippen molar-refractivity contribution >= 4 is 5.82 Å². The van der Waals surface area contributed by atoms with Crippen molar-refractivity contribution in [3.63, 3.8) is 0 Å². The van der Waals surface area contributed by atoms with Gasteiger partial charge in [0, 0.05) is 19.2 Å². The van der Waals surface area contributed by atoms with Gasteiger partial charge in [-0.15, -0.1) is 0 Å². The Bertz CT molecular complexity index is 587. The van der Waals surface area contributed by atoms with E-state index in [0.29, 0.717) is 12.5 Å². The monoisotopic (exact) mass is 273 g/mol. The number of nitrogens with two attached hydrogens (primary N) is 1. The van der Waals surface area contributed by atoms with Crippen molar-refractivity contribution in [2.45, 2.75) is 33.9 Å². The lowest BCUT2D eigenvalue weighted by atomic mass is 10.1. The summed E-state index contributed by atoms with van der Waals surface area (Å²) in [7, 11) is 1.70. The molecule has 0 saturated heterocycles. The van der Waals surface area contributed by atoms with E-state index < -0.39 is 0 Å². The molecule has 2 rings (SSSR count). The molecule has 108 valence electrons. The Labute approximate surface area is 120 Å². The van der Waals surface area contributed by atoms with Gasteiger partial charge in [-0.3, -0.25) is 0 Å². The SMILES string of the molecule is COCc1ccccc1-c1nc(C)n(CC(C)C)c1N. The molecule has 0 spiro atoms. The number of rotatable bonds is 5. The van der Waals surface area contributed by atoms with Gasteiger partial charge in [0.2, 0.25) is 0 Å². The Hall–Kier alpha value is -1.81. The molecule has 0 atom stereocenters. The zero-order valence-electron chi connectivity index (χ0n) is 12.7. The van der Waals surface area contributed by atoms with Crippen molar-refractivity contribution in [3.8, 4) is 11.3 Å². The fourth-order valence-electron chi connectivity index (χ4n) is 2.41. The number of imidazole rings is 1. The van der Waals surface area contributed by atoms with Crippen LogP contribution in [-0.4, -0.2) is 16.7 Å². The molecule has 0 saturated carbocycles. The van der Waals surface area contributed by atoms with Crippen LogP contribution in [0.1, 0.15) is 25.2 Å². The minimum absolute atomic E-state index is 0.535. The van der Waals surface area contributed by atoms with Gasteiger partial charge in [-0.1, -0.05) is 38.1 Å². The molecule has 0 unspecified atom stereocenters. The van der Waals surface area contributed by atoms with Crippen LogP contribution in [0.25, 0.3) is 11.3 Å². The summed E-state index contributed by atoms with van der Waals surface area (Å²) in [6.07, 6.45) is 0. The van der Waals surface area contributed by atoms with Gasteiger partial charge in [0.1, 0.15) is 17.3 Å². The molecule has 1 aromatic heterocycles. The minimum Gasteiger partial charge on any atom is -0.383 e. The molecule has 0 aliphatic heterocycles. The number of aryl methyl sites for hydroxylation is 1. The Morgan fingerprint density at radius 2 is 2.00 bits per heavy atom. The molecule has 1 heterocycles. The first-order valence-electron chi connectivity index (χ1n) is 6.94. The van der Waals surface area contributed by atoms with Crippen molar-refractivity contribution in [2.24, 2.45) is 5.92 Å². The number of aromatic nitrogens is 2. The van der Waals surface area contributed by atoms with E-state index in [-0.39, 0.29) is 0 Å². The molecular weight excluding hydrogens is 250 g/mol. The van der Waals surface area contributed by atoms with Crippen LogP contribution in [0, 0.1) is 12.8 Å². The van der Waals surface area contributed by atoms with E-state index in [2.05, 4.69) is 29.5 Å². The second kappa shape index (κ2) is 6.09. The van der Waals surface area contributed by atoms with Crippen LogP contribution in [-0.2, 0) is 17.9 Å². The summed E-state index contributed by atoms with van der Waals surface area (Å²) in [6.45, 7) is 7.80. The van der Waals surface area contributed by atoms with Gasteiger partial charge in [-0.25, -0.2) is 4.98 Å². The van der Waals surface area contributed by atoms with Crippen LogP contribution in [0.4, 0.5) is 5.82 Å². The van der Waals surface area contributed by atoms with Gasteiger partial charge in [0.05, 0.1) is 6.61 Å². The third kappa shape index (κ3) is 2.85. The van der Waals surface area contributed by atoms with Crippen molar-refractivity contribution in [1.82, 2.24) is 9.55 Å². The van der Waals surface area contributed by atoms with Gasteiger partial charge >= 0.3 is 0 Å². The quantitative estimate of drug-likeness (QED) is 0.910. The molecule has 0 amide bonds. The second-order valence-electron chi connectivity index (χ2n) is 5.49. The first-order valence-corrected chi connectivity index (χ1v) is 6.94. The molecule has 4 nitrogen and oxygen atoms in total. The zero-order chi connectivity index (χ0) is 14.7. The normalized spacial score (nSPS) is 11.2. The highest BCUT2D eigenvalue weighted by Gasteiger charge is 2.16. The van der Waals surface area contributed by atoms with Crippen LogP contribution < -0.4 is 5.73 Å². The molecule has 0 aliphatic carbocycles. The van der Waals surface area contributed by atoms with Crippen LogP contribution in [0.2, 0.25) is 0 Å². The largest absolute Gasteiger partial charge is 0.383 e. The fraction of sp³-hybridized carbons (Fsp3) is 0.438. The molecule has 2 aromatic rings. The van der Waals surface area contributed by atoms with E-state index >= 15 is 0 Å². The molecule has 2 N–H and O–H groups in total. The third-order valence-corrected chi connectivity index (χ3v) is 3.32. The standard InChI is InChI=1S/C16H23N3O/c1-11(2)9-19-12(3)18-15(16(19)17)14-8-6-5-7-13(14)10-20-4/h5-8,11H,9-10,17H2,1-4H3. The maximum absolute atomic E-state index is 6.31. The number of nitrogen functional groups attached to an aromatic ring is 1. The smallest absolute Gasteiger partial charge is 0.131 e. The summed E-state index contributed by atoms with van der Waals surface area (Å²) in [5.41, 5.74) is 9.33. The maximum Gasteiger partial charge on any atom is 0.131 e. The summed E-state index contributed by atoms with van der Waals surface area (Å²) in [5, 5.41) is 0. The average Bonchev–Trinajstić information content (AvgIpc) is 2.67. The zero-order valence-corrected chi connectivity index (χ0v) is 12.7. The Balaban J connectivity index is 2.48. The van der Waals surface area contributed by atoms with Crippen LogP contribution in [0.3, 0.4) is 0 Å². The number of nitrogens with zero attached hydrogens (tertiary/aromatic N) is 2. The lowest BCUT2D eigenvalue weighted by Crippen LogP contribution is -2.09. The van der Waals surface area contributed by atoms with Crippen molar-refractivity contribution in [3.05, 3.63) is 35.7 Å². The molecule has 20 heavy (non-hydrogen) atoms. The van der Waals surface area contributed by atoms with Gasteiger partial charge in [-0.2, -0.15) is 0 Å². The van der Waals surface area contributed by atoms with Gasteiger partial charge in [-0.05, 0) is 18.4 Å². The fourth-order valence-corrected chi connectivity index (χ4v) is 2.41. The Kier molecular flexibility index (Phi) is 4.45. The number of ether oxygens (including phenoxy) is 1. The Morgan fingerprint density at radius 1 is 1.30 bits per heavy atom. The van der Waals surface area contributed by atoms with Gasteiger partial charge in [0.15, 0.2) is 0 Å². The molecule has 0 bridgehead atoms. The van der Waals surface area contributed by atoms with E-state index in [1.807, 2.05) is 25.1 Å². The Morgan fingerprint density at radius 3 is 2.65 bits per heavy atom. The molecule has 0 radical (unpaired) electrons. The lowest BCUT2D eigenvalue weighted by molar-refractivity contribution is 0.185. The van der Waals surface area contributed by atoms with Crippen molar-refractivity contribution < 1.29 is 4.74 Å². The van der Waals surface area contributed by atoms with Crippen LogP contribution >= 0.6 is 0 Å². The van der Waals surface area contributed by atoms with E-state index in [9.17, 15) is 0 Å². The van der Waals surface area contributed by atoms with E-state index in [0.717, 1.165) is 35.0 Å². The maximum atomic E-state index is 6.31. The number of methoxy groups -OCH3 is 1. The summed E-state index contributed by atoms with van der Waals surface area (Å²) in [6, 6.07) is 8.11. The summed E-state index contributed by atoms with van der Waals surface area (Å²) in [5.74, 6) is 2.23.